The standard InChI is InChI=1S/C17H18N2O6/c1-3-25-17(23)11-9-15(21)19-13-6-4-12(5-7-13)18-14(20)8-10-16(22)24-2/h4-11H,3H2,1-2H3,(H,18,20)(H,19,21)/b10-8-,11-9-. The smallest absolute Gasteiger partial charge is 0.330 e. The number of hydrogen-bond donors (Lipinski definition) is 2. The van der Waals surface area contributed by atoms with Crippen molar-refractivity contribution in [2.45, 2.75) is 6.92 Å². The van der Waals surface area contributed by atoms with Gasteiger partial charge in [0.15, 0.2) is 0 Å². The summed E-state index contributed by atoms with van der Waals surface area (Å²) in [7, 11) is 1.21. The van der Waals surface area contributed by atoms with Gasteiger partial charge in [0.1, 0.15) is 0 Å². The minimum absolute atomic E-state index is 0.229. The molecule has 0 spiro atoms. The maximum Gasteiger partial charge on any atom is 0.330 e. The number of carbonyl (C=O) groups excluding carboxylic acids is 4. The van der Waals surface area contributed by atoms with E-state index in [0.717, 1.165) is 24.3 Å². The van der Waals surface area contributed by atoms with Crippen molar-refractivity contribution < 1.29 is 28.7 Å². The number of benzene rings is 1. The molecule has 2 amide bonds. The van der Waals surface area contributed by atoms with Crippen molar-refractivity contribution >= 4 is 35.1 Å². The van der Waals surface area contributed by atoms with Crippen molar-refractivity contribution in [3.63, 3.8) is 0 Å². The number of ether oxygens (including phenoxy) is 2. The summed E-state index contributed by atoms with van der Waals surface area (Å²) in [6.45, 7) is 1.89. The highest BCUT2D eigenvalue weighted by molar-refractivity contribution is 6.04. The van der Waals surface area contributed by atoms with Crippen LogP contribution in [0, 0.1) is 0 Å². The van der Waals surface area contributed by atoms with Gasteiger partial charge >= 0.3 is 11.9 Å². The van der Waals surface area contributed by atoms with Gasteiger partial charge in [-0.3, -0.25) is 9.59 Å². The highest BCUT2D eigenvalue weighted by atomic mass is 16.5. The molecule has 1 aromatic rings. The summed E-state index contributed by atoms with van der Waals surface area (Å²) in [6.07, 6.45) is 4.13. The van der Waals surface area contributed by atoms with E-state index in [0.29, 0.717) is 11.4 Å². The second-order valence-electron chi connectivity index (χ2n) is 4.50. The van der Waals surface area contributed by atoms with Gasteiger partial charge in [-0.05, 0) is 31.2 Å². The van der Waals surface area contributed by atoms with Gasteiger partial charge in [0.05, 0.1) is 13.7 Å². The van der Waals surface area contributed by atoms with E-state index in [4.69, 9.17) is 0 Å². The van der Waals surface area contributed by atoms with E-state index in [1.54, 1.807) is 31.2 Å². The quantitative estimate of drug-likeness (QED) is 0.570. The summed E-state index contributed by atoms with van der Waals surface area (Å²) in [6, 6.07) is 6.26. The second kappa shape index (κ2) is 10.4. The Balaban J connectivity index is 2.54. The molecule has 132 valence electrons. The van der Waals surface area contributed by atoms with Crippen LogP contribution in [-0.4, -0.2) is 37.5 Å². The van der Waals surface area contributed by atoms with Gasteiger partial charge in [-0.1, -0.05) is 0 Å². The molecule has 0 aliphatic rings. The van der Waals surface area contributed by atoms with Crippen LogP contribution in [0.2, 0.25) is 0 Å². The zero-order valence-electron chi connectivity index (χ0n) is 13.8. The number of carbonyl (C=O) groups is 4. The molecular formula is C17H18N2O6. The zero-order chi connectivity index (χ0) is 18.7. The Hall–Kier alpha value is -3.42. The monoisotopic (exact) mass is 346 g/mol. The Morgan fingerprint density at radius 3 is 1.68 bits per heavy atom. The molecule has 0 heterocycles. The number of anilines is 2. The average Bonchev–Trinajstić information content (AvgIpc) is 2.60. The molecule has 0 bridgehead atoms. The van der Waals surface area contributed by atoms with Crippen LogP contribution < -0.4 is 10.6 Å². The summed E-state index contributed by atoms with van der Waals surface area (Å²) in [5, 5.41) is 5.08. The van der Waals surface area contributed by atoms with E-state index < -0.39 is 23.8 Å². The largest absolute Gasteiger partial charge is 0.466 e. The van der Waals surface area contributed by atoms with Crippen LogP contribution in [0.5, 0.6) is 0 Å². The van der Waals surface area contributed by atoms with Crippen LogP contribution in [-0.2, 0) is 28.7 Å². The van der Waals surface area contributed by atoms with Crippen LogP contribution >= 0.6 is 0 Å². The van der Waals surface area contributed by atoms with E-state index in [1.807, 2.05) is 0 Å². The van der Waals surface area contributed by atoms with Gasteiger partial charge in [0.2, 0.25) is 11.8 Å². The van der Waals surface area contributed by atoms with E-state index in [2.05, 4.69) is 20.1 Å². The lowest BCUT2D eigenvalue weighted by Crippen LogP contribution is -2.11. The predicted molar refractivity (Wildman–Crippen MR) is 90.6 cm³/mol. The van der Waals surface area contributed by atoms with Crippen LogP contribution in [0.3, 0.4) is 0 Å². The second-order valence-corrected chi connectivity index (χ2v) is 4.50. The fraction of sp³-hybridized carbons (Fsp3) is 0.176. The number of hydrogen-bond acceptors (Lipinski definition) is 6. The lowest BCUT2D eigenvalue weighted by molar-refractivity contribution is -0.137. The molecule has 0 aliphatic carbocycles. The van der Waals surface area contributed by atoms with Crippen molar-refractivity contribution in [1.82, 2.24) is 0 Å². The van der Waals surface area contributed by atoms with Crippen molar-refractivity contribution in [2.24, 2.45) is 0 Å². The summed E-state index contributed by atoms with van der Waals surface area (Å²) in [5.41, 5.74) is 0.946. The first kappa shape index (κ1) is 19.6. The Kier molecular flexibility index (Phi) is 8.14. The molecule has 0 unspecified atom stereocenters. The van der Waals surface area contributed by atoms with Crippen molar-refractivity contribution in [3.05, 3.63) is 48.6 Å². The van der Waals surface area contributed by atoms with Gasteiger partial charge in [-0.15, -0.1) is 0 Å². The lowest BCUT2D eigenvalue weighted by Gasteiger charge is -2.05. The Labute approximate surface area is 144 Å². The van der Waals surface area contributed by atoms with Crippen molar-refractivity contribution in [2.75, 3.05) is 24.4 Å². The van der Waals surface area contributed by atoms with Gasteiger partial charge in [0, 0.05) is 35.7 Å². The molecule has 0 aromatic heterocycles. The average molecular weight is 346 g/mol. The Morgan fingerprint density at radius 2 is 1.28 bits per heavy atom. The molecule has 0 saturated carbocycles. The molecule has 0 saturated heterocycles. The highest BCUT2D eigenvalue weighted by Gasteiger charge is 2.02. The third kappa shape index (κ3) is 8.12. The number of rotatable bonds is 7. The van der Waals surface area contributed by atoms with Gasteiger partial charge < -0.3 is 20.1 Å². The normalized spacial score (nSPS) is 10.5. The summed E-state index contributed by atoms with van der Waals surface area (Å²) >= 11 is 0. The zero-order valence-corrected chi connectivity index (χ0v) is 13.8. The van der Waals surface area contributed by atoms with Gasteiger partial charge in [-0.25, -0.2) is 9.59 Å². The molecule has 1 aromatic carbocycles. The Morgan fingerprint density at radius 1 is 0.840 bits per heavy atom. The fourth-order valence-corrected chi connectivity index (χ4v) is 1.55. The molecule has 8 heteroatoms. The Bertz CT molecular complexity index is 692. The first-order valence-electron chi connectivity index (χ1n) is 7.27. The molecule has 1 rings (SSSR count). The van der Waals surface area contributed by atoms with Crippen LogP contribution in [0.25, 0.3) is 0 Å². The maximum absolute atomic E-state index is 11.6. The highest BCUT2D eigenvalue weighted by Crippen LogP contribution is 2.13. The molecule has 0 atom stereocenters. The fourth-order valence-electron chi connectivity index (χ4n) is 1.55. The van der Waals surface area contributed by atoms with Crippen LogP contribution in [0.4, 0.5) is 11.4 Å². The third-order valence-electron chi connectivity index (χ3n) is 2.65. The maximum atomic E-state index is 11.6. The molecular weight excluding hydrogens is 328 g/mol. The van der Waals surface area contributed by atoms with Crippen LogP contribution in [0.15, 0.2) is 48.6 Å². The molecule has 2 N–H and O–H groups in total. The molecule has 0 aliphatic heterocycles. The molecule has 0 fully saturated rings. The SMILES string of the molecule is CCOC(=O)/C=C\C(=O)Nc1ccc(NC(=O)/C=C\C(=O)OC)cc1. The van der Waals surface area contributed by atoms with Gasteiger partial charge in [0.25, 0.3) is 0 Å². The number of amides is 2. The molecule has 0 radical (unpaired) electrons. The first-order chi connectivity index (χ1) is 11.9. The van der Waals surface area contributed by atoms with E-state index in [9.17, 15) is 19.2 Å². The summed E-state index contributed by atoms with van der Waals surface area (Å²) in [4.78, 5) is 45.2. The first-order valence-corrected chi connectivity index (χ1v) is 7.27. The lowest BCUT2D eigenvalue weighted by atomic mass is 10.2. The predicted octanol–water partition coefficient (Wildman–Crippen LogP) is 1.41. The van der Waals surface area contributed by atoms with Crippen molar-refractivity contribution in [3.8, 4) is 0 Å². The minimum Gasteiger partial charge on any atom is -0.466 e. The van der Waals surface area contributed by atoms with E-state index >= 15 is 0 Å². The third-order valence-corrected chi connectivity index (χ3v) is 2.65. The molecule has 8 nitrogen and oxygen atoms in total. The van der Waals surface area contributed by atoms with Crippen LogP contribution in [0.1, 0.15) is 6.92 Å². The number of esters is 2. The van der Waals surface area contributed by atoms with Gasteiger partial charge in [-0.2, -0.15) is 0 Å². The number of nitrogens with one attached hydrogen (secondary N) is 2. The van der Waals surface area contributed by atoms with Crippen molar-refractivity contribution in [1.29, 1.82) is 0 Å². The summed E-state index contributed by atoms with van der Waals surface area (Å²) in [5.74, 6) is -2.23. The summed E-state index contributed by atoms with van der Waals surface area (Å²) < 4.78 is 9.03. The van der Waals surface area contributed by atoms with E-state index in [-0.39, 0.29) is 6.61 Å². The van der Waals surface area contributed by atoms with E-state index in [1.165, 1.54) is 7.11 Å². The number of methoxy groups -OCH3 is 1. The topological polar surface area (TPSA) is 111 Å². The minimum atomic E-state index is -0.635. The molecule has 25 heavy (non-hydrogen) atoms.